The largest absolute Gasteiger partial charge is 0.344 e. The third-order valence-electron chi connectivity index (χ3n) is 1.17. The van der Waals surface area contributed by atoms with Crippen molar-refractivity contribution in [3.8, 4) is 0 Å². The molecule has 88 valence electrons. The molecule has 0 spiro atoms. The SMILES string of the molecule is CCCC(O)(O)O.CCCC(O)(O)O. The minimum atomic E-state index is -2.45. The fourth-order valence-corrected chi connectivity index (χ4v) is 0.671. The predicted molar refractivity (Wildman–Crippen MR) is 48.6 cm³/mol. The van der Waals surface area contributed by atoms with E-state index in [4.69, 9.17) is 30.6 Å². The van der Waals surface area contributed by atoms with Gasteiger partial charge in [0, 0.05) is 12.8 Å². The Labute approximate surface area is 83.1 Å². The molecule has 0 aromatic rings. The van der Waals surface area contributed by atoms with Gasteiger partial charge in [0.05, 0.1) is 0 Å². The van der Waals surface area contributed by atoms with Gasteiger partial charge in [0.1, 0.15) is 0 Å². The van der Waals surface area contributed by atoms with Gasteiger partial charge in [0.25, 0.3) is 11.9 Å². The molecule has 6 N–H and O–H groups in total. The molecule has 0 aliphatic heterocycles. The second-order valence-corrected chi connectivity index (χ2v) is 3.05. The first-order valence-corrected chi connectivity index (χ1v) is 4.46. The quantitative estimate of drug-likeness (QED) is 0.327. The summed E-state index contributed by atoms with van der Waals surface area (Å²) in [6.07, 6.45) is 1.13. The lowest BCUT2D eigenvalue weighted by atomic mass is 10.3. The van der Waals surface area contributed by atoms with Crippen LogP contribution in [0.5, 0.6) is 0 Å². The normalized spacial score (nSPS) is 12.0. The van der Waals surface area contributed by atoms with E-state index < -0.39 is 11.9 Å². The Morgan fingerprint density at radius 3 is 0.857 bits per heavy atom. The maximum Gasteiger partial charge on any atom is 0.275 e. The lowest BCUT2D eigenvalue weighted by Gasteiger charge is -2.10. The van der Waals surface area contributed by atoms with Crippen LogP contribution in [0.3, 0.4) is 0 Å². The summed E-state index contributed by atoms with van der Waals surface area (Å²) in [5, 5.41) is 48.8. The van der Waals surface area contributed by atoms with E-state index in [-0.39, 0.29) is 12.8 Å². The zero-order chi connectivity index (χ0) is 11.8. The zero-order valence-corrected chi connectivity index (χ0v) is 8.51. The van der Waals surface area contributed by atoms with Gasteiger partial charge in [-0.3, -0.25) is 0 Å². The molecule has 0 rings (SSSR count). The Kier molecular flexibility index (Phi) is 8.22. The van der Waals surface area contributed by atoms with E-state index in [9.17, 15) is 0 Å². The Hall–Kier alpha value is -0.240. The fraction of sp³-hybridized carbons (Fsp3) is 1.00. The molecule has 0 heterocycles. The summed E-state index contributed by atoms with van der Waals surface area (Å²) < 4.78 is 0. The smallest absolute Gasteiger partial charge is 0.275 e. The van der Waals surface area contributed by atoms with Gasteiger partial charge in [-0.05, 0) is 12.8 Å². The standard InChI is InChI=1S/2C4H10O3/c2*1-2-3-4(5,6)7/h2*5-7H,2-3H2,1H3. The van der Waals surface area contributed by atoms with Crippen LogP contribution in [0, 0.1) is 0 Å². The highest BCUT2D eigenvalue weighted by atomic mass is 16.7. The van der Waals surface area contributed by atoms with E-state index in [0.29, 0.717) is 12.8 Å². The van der Waals surface area contributed by atoms with E-state index in [0.717, 1.165) is 0 Å². The van der Waals surface area contributed by atoms with Crippen molar-refractivity contribution in [3.63, 3.8) is 0 Å². The average molecular weight is 212 g/mol. The van der Waals surface area contributed by atoms with Crippen LogP contribution < -0.4 is 0 Å². The molecule has 0 radical (unpaired) electrons. The van der Waals surface area contributed by atoms with Crippen LogP contribution in [0.1, 0.15) is 39.5 Å². The van der Waals surface area contributed by atoms with Crippen molar-refractivity contribution >= 4 is 0 Å². The zero-order valence-electron chi connectivity index (χ0n) is 8.51. The molecule has 0 saturated heterocycles. The summed E-state index contributed by atoms with van der Waals surface area (Å²) >= 11 is 0. The number of aliphatic hydroxyl groups is 6. The minimum absolute atomic E-state index is 0.00694. The van der Waals surface area contributed by atoms with E-state index in [1.165, 1.54) is 0 Å². The van der Waals surface area contributed by atoms with Crippen LogP contribution >= 0.6 is 0 Å². The number of rotatable bonds is 4. The molecule has 0 bridgehead atoms. The van der Waals surface area contributed by atoms with E-state index in [1.807, 2.05) is 0 Å². The first-order valence-electron chi connectivity index (χ1n) is 4.46. The van der Waals surface area contributed by atoms with Crippen molar-refractivity contribution in [2.24, 2.45) is 0 Å². The monoisotopic (exact) mass is 212 g/mol. The van der Waals surface area contributed by atoms with Crippen molar-refractivity contribution in [3.05, 3.63) is 0 Å². The van der Waals surface area contributed by atoms with Crippen LogP contribution in [0.2, 0.25) is 0 Å². The second kappa shape index (κ2) is 7.10. The van der Waals surface area contributed by atoms with Gasteiger partial charge < -0.3 is 30.6 Å². The van der Waals surface area contributed by atoms with Gasteiger partial charge in [-0.15, -0.1) is 0 Å². The third-order valence-corrected chi connectivity index (χ3v) is 1.17. The minimum Gasteiger partial charge on any atom is -0.344 e. The number of hydrogen-bond acceptors (Lipinski definition) is 6. The van der Waals surface area contributed by atoms with Crippen LogP contribution in [-0.2, 0) is 0 Å². The molecule has 0 aliphatic carbocycles. The van der Waals surface area contributed by atoms with Crippen LogP contribution in [0.4, 0.5) is 0 Å². The molecule has 0 aromatic carbocycles. The lowest BCUT2D eigenvalue weighted by molar-refractivity contribution is -0.315. The van der Waals surface area contributed by atoms with Crippen LogP contribution in [0.25, 0.3) is 0 Å². The molecule has 6 nitrogen and oxygen atoms in total. The molecule has 0 saturated carbocycles. The van der Waals surface area contributed by atoms with E-state index >= 15 is 0 Å². The molecular formula is C8H20O6. The highest BCUT2D eigenvalue weighted by Gasteiger charge is 2.15. The van der Waals surface area contributed by atoms with E-state index in [1.54, 1.807) is 13.8 Å². The van der Waals surface area contributed by atoms with Gasteiger partial charge >= 0.3 is 0 Å². The molecule has 0 aliphatic rings. The molecule has 0 atom stereocenters. The summed E-state index contributed by atoms with van der Waals surface area (Å²) in [6, 6.07) is 0. The molecule has 0 unspecified atom stereocenters. The van der Waals surface area contributed by atoms with Gasteiger partial charge in [0.15, 0.2) is 0 Å². The maximum absolute atomic E-state index is 8.13. The van der Waals surface area contributed by atoms with Gasteiger partial charge in [-0.1, -0.05) is 13.8 Å². The summed E-state index contributed by atoms with van der Waals surface area (Å²) in [5.41, 5.74) is 0. The van der Waals surface area contributed by atoms with Gasteiger partial charge in [-0.25, -0.2) is 0 Å². The fourth-order valence-electron chi connectivity index (χ4n) is 0.671. The molecule has 14 heavy (non-hydrogen) atoms. The summed E-state index contributed by atoms with van der Waals surface area (Å²) in [4.78, 5) is 0. The van der Waals surface area contributed by atoms with Crippen LogP contribution in [-0.4, -0.2) is 42.6 Å². The molecule has 0 amide bonds. The van der Waals surface area contributed by atoms with Crippen molar-refractivity contribution in [1.29, 1.82) is 0 Å². The highest BCUT2D eigenvalue weighted by Crippen LogP contribution is 2.01. The second-order valence-electron chi connectivity index (χ2n) is 3.05. The van der Waals surface area contributed by atoms with E-state index in [2.05, 4.69) is 0 Å². The maximum atomic E-state index is 8.13. The van der Waals surface area contributed by atoms with Crippen LogP contribution in [0.15, 0.2) is 0 Å². The summed E-state index contributed by atoms with van der Waals surface area (Å²) in [5.74, 6) is -4.90. The highest BCUT2D eigenvalue weighted by molar-refractivity contribution is 4.42. The number of hydrogen-bond donors (Lipinski definition) is 6. The van der Waals surface area contributed by atoms with Crippen molar-refractivity contribution < 1.29 is 30.6 Å². The average Bonchev–Trinajstić information content (AvgIpc) is 1.81. The molecule has 0 fully saturated rings. The molecule has 0 aromatic heterocycles. The lowest BCUT2D eigenvalue weighted by Crippen LogP contribution is -2.26. The topological polar surface area (TPSA) is 121 Å². The van der Waals surface area contributed by atoms with Crippen molar-refractivity contribution in [2.45, 2.75) is 51.5 Å². The van der Waals surface area contributed by atoms with Crippen molar-refractivity contribution in [1.82, 2.24) is 0 Å². The van der Waals surface area contributed by atoms with Gasteiger partial charge in [0.2, 0.25) is 0 Å². The Morgan fingerprint density at radius 1 is 0.643 bits per heavy atom. The first-order chi connectivity index (χ1) is 6.12. The molecule has 6 heteroatoms. The Bertz CT molecular complexity index is 107. The Morgan fingerprint density at radius 2 is 0.857 bits per heavy atom. The Balaban J connectivity index is 0. The van der Waals surface area contributed by atoms with Crippen molar-refractivity contribution in [2.75, 3.05) is 0 Å². The predicted octanol–water partition coefficient (Wildman–Crippen LogP) is -1.17. The third kappa shape index (κ3) is 22.6. The summed E-state index contributed by atoms with van der Waals surface area (Å²) in [6.45, 7) is 3.49. The first kappa shape index (κ1) is 16.2. The summed E-state index contributed by atoms with van der Waals surface area (Å²) in [7, 11) is 0. The molecular weight excluding hydrogens is 192 g/mol. The van der Waals surface area contributed by atoms with Gasteiger partial charge in [-0.2, -0.15) is 0 Å².